The Morgan fingerprint density at radius 2 is 2.09 bits per heavy atom. The van der Waals surface area contributed by atoms with Gasteiger partial charge in [-0.3, -0.25) is 4.79 Å². The lowest BCUT2D eigenvalue weighted by atomic mass is 9.90. The molecule has 0 spiro atoms. The number of aromatic nitrogens is 1. The maximum absolute atomic E-state index is 11.4. The molecule has 1 unspecified atom stereocenters. The van der Waals surface area contributed by atoms with E-state index in [2.05, 4.69) is 22.9 Å². The summed E-state index contributed by atoms with van der Waals surface area (Å²) < 4.78 is 5.72. The Morgan fingerprint density at radius 1 is 1.30 bits per heavy atom. The molecular formula is C19H26N2O2. The molecule has 3 heterocycles. The van der Waals surface area contributed by atoms with Crippen LogP contribution in [0.1, 0.15) is 55.1 Å². The average Bonchev–Trinajstić information content (AvgIpc) is 3.00. The number of nitrogens with one attached hydrogen (secondary N) is 1. The molecule has 1 fully saturated rings. The molecule has 2 aromatic heterocycles. The van der Waals surface area contributed by atoms with E-state index in [1.54, 1.807) is 12.3 Å². The van der Waals surface area contributed by atoms with Crippen LogP contribution in [0.2, 0.25) is 0 Å². The predicted octanol–water partition coefficient (Wildman–Crippen LogP) is 3.65. The van der Waals surface area contributed by atoms with E-state index in [9.17, 15) is 4.79 Å². The van der Waals surface area contributed by atoms with Crippen LogP contribution in [0, 0.1) is 6.92 Å². The van der Waals surface area contributed by atoms with Crippen molar-refractivity contribution in [2.75, 3.05) is 19.6 Å². The van der Waals surface area contributed by atoms with Crippen molar-refractivity contribution in [3.8, 4) is 0 Å². The Bertz CT molecular complexity index is 680. The second kappa shape index (κ2) is 7.18. The summed E-state index contributed by atoms with van der Waals surface area (Å²) in [6.45, 7) is 7.57. The van der Waals surface area contributed by atoms with Crippen molar-refractivity contribution in [3.63, 3.8) is 0 Å². The van der Waals surface area contributed by atoms with Crippen LogP contribution in [-0.4, -0.2) is 29.5 Å². The van der Waals surface area contributed by atoms with E-state index in [4.69, 9.17) is 4.42 Å². The number of aromatic amines is 1. The largest absolute Gasteiger partial charge is 0.466 e. The fourth-order valence-corrected chi connectivity index (χ4v) is 3.44. The Balaban J connectivity index is 1.47. The highest BCUT2D eigenvalue weighted by Gasteiger charge is 2.21. The SMILES string of the molecule is Cc1ccc(C(C)CCN2CCC(c3cc[nH]c(=O)c3)CC2)o1. The van der Waals surface area contributed by atoms with Gasteiger partial charge in [-0.05, 0) is 75.5 Å². The summed E-state index contributed by atoms with van der Waals surface area (Å²) in [6, 6.07) is 7.93. The third kappa shape index (κ3) is 4.14. The van der Waals surface area contributed by atoms with Gasteiger partial charge in [0.15, 0.2) is 0 Å². The Hall–Kier alpha value is -1.81. The summed E-state index contributed by atoms with van der Waals surface area (Å²) in [4.78, 5) is 16.7. The highest BCUT2D eigenvalue weighted by atomic mass is 16.3. The minimum Gasteiger partial charge on any atom is -0.466 e. The van der Waals surface area contributed by atoms with Crippen LogP contribution in [0.3, 0.4) is 0 Å². The highest BCUT2D eigenvalue weighted by molar-refractivity contribution is 5.16. The highest BCUT2D eigenvalue weighted by Crippen LogP contribution is 2.28. The van der Waals surface area contributed by atoms with Crippen LogP contribution < -0.4 is 5.56 Å². The first-order chi connectivity index (χ1) is 11.1. The number of hydrogen-bond donors (Lipinski definition) is 1. The lowest BCUT2D eigenvalue weighted by molar-refractivity contribution is 0.204. The van der Waals surface area contributed by atoms with Crippen LogP contribution in [0.5, 0.6) is 0 Å². The van der Waals surface area contributed by atoms with E-state index in [0.29, 0.717) is 11.8 Å². The second-order valence-corrected chi connectivity index (χ2v) is 6.74. The third-order valence-corrected chi connectivity index (χ3v) is 4.98. The fraction of sp³-hybridized carbons (Fsp3) is 0.526. The van der Waals surface area contributed by atoms with E-state index in [-0.39, 0.29) is 5.56 Å². The summed E-state index contributed by atoms with van der Waals surface area (Å²) in [5.41, 5.74) is 1.19. The molecule has 23 heavy (non-hydrogen) atoms. The minimum absolute atomic E-state index is 0.00694. The molecule has 0 amide bonds. The molecule has 1 aliphatic heterocycles. The smallest absolute Gasteiger partial charge is 0.248 e. The lowest BCUT2D eigenvalue weighted by Gasteiger charge is -2.32. The molecule has 2 aromatic rings. The van der Waals surface area contributed by atoms with Crippen LogP contribution in [0.25, 0.3) is 0 Å². The molecule has 1 atom stereocenters. The molecule has 0 aromatic carbocycles. The third-order valence-electron chi connectivity index (χ3n) is 4.98. The first-order valence-corrected chi connectivity index (χ1v) is 8.59. The number of likely N-dealkylation sites (tertiary alicyclic amines) is 1. The second-order valence-electron chi connectivity index (χ2n) is 6.74. The molecular weight excluding hydrogens is 288 g/mol. The molecule has 0 bridgehead atoms. The van der Waals surface area contributed by atoms with Gasteiger partial charge in [-0.1, -0.05) is 6.92 Å². The molecule has 1 saturated heterocycles. The molecule has 4 nitrogen and oxygen atoms in total. The van der Waals surface area contributed by atoms with Gasteiger partial charge in [0, 0.05) is 18.2 Å². The quantitative estimate of drug-likeness (QED) is 0.916. The van der Waals surface area contributed by atoms with Gasteiger partial charge in [-0.2, -0.15) is 0 Å². The van der Waals surface area contributed by atoms with Crippen LogP contribution >= 0.6 is 0 Å². The van der Waals surface area contributed by atoms with Crippen molar-refractivity contribution in [2.45, 2.75) is 44.9 Å². The maximum Gasteiger partial charge on any atom is 0.248 e. The van der Waals surface area contributed by atoms with Gasteiger partial charge in [-0.25, -0.2) is 0 Å². The van der Waals surface area contributed by atoms with Crippen molar-refractivity contribution in [1.82, 2.24) is 9.88 Å². The number of piperidine rings is 1. The summed E-state index contributed by atoms with van der Waals surface area (Å²) in [5.74, 6) is 3.08. The number of nitrogens with zero attached hydrogens (tertiary/aromatic N) is 1. The summed E-state index contributed by atoms with van der Waals surface area (Å²) in [7, 11) is 0. The van der Waals surface area contributed by atoms with Crippen molar-refractivity contribution in [3.05, 3.63) is 57.9 Å². The fourth-order valence-electron chi connectivity index (χ4n) is 3.44. The molecule has 3 rings (SSSR count). The van der Waals surface area contributed by atoms with Crippen molar-refractivity contribution in [1.29, 1.82) is 0 Å². The summed E-state index contributed by atoms with van der Waals surface area (Å²) in [6.07, 6.45) is 5.16. The number of rotatable bonds is 5. The standard InChI is InChI=1S/C19H26N2O2/c1-14(18-4-3-15(2)23-18)6-10-21-11-7-16(8-12-21)17-5-9-20-19(22)13-17/h3-5,9,13-14,16H,6-8,10-12H2,1-2H3,(H,20,22). The van der Waals surface area contributed by atoms with E-state index in [1.807, 2.05) is 19.1 Å². The zero-order chi connectivity index (χ0) is 16.2. The molecule has 0 radical (unpaired) electrons. The van der Waals surface area contributed by atoms with Crippen LogP contribution in [-0.2, 0) is 0 Å². The number of pyridine rings is 1. The monoisotopic (exact) mass is 314 g/mol. The molecule has 0 saturated carbocycles. The number of aryl methyl sites for hydroxylation is 1. The molecule has 124 valence electrons. The minimum atomic E-state index is 0.00694. The number of H-pyrrole nitrogens is 1. The molecule has 1 N–H and O–H groups in total. The summed E-state index contributed by atoms with van der Waals surface area (Å²) in [5, 5.41) is 0. The van der Waals surface area contributed by atoms with Crippen molar-refractivity contribution in [2.24, 2.45) is 0 Å². The predicted molar refractivity (Wildman–Crippen MR) is 92.0 cm³/mol. The van der Waals surface area contributed by atoms with Crippen LogP contribution in [0.4, 0.5) is 0 Å². The zero-order valence-corrected chi connectivity index (χ0v) is 14.0. The average molecular weight is 314 g/mol. The van der Waals surface area contributed by atoms with Gasteiger partial charge in [-0.15, -0.1) is 0 Å². The van der Waals surface area contributed by atoms with E-state index in [0.717, 1.165) is 50.4 Å². The Kier molecular flexibility index (Phi) is 5.01. The maximum atomic E-state index is 11.4. The number of hydrogen-bond acceptors (Lipinski definition) is 3. The van der Waals surface area contributed by atoms with Crippen molar-refractivity contribution < 1.29 is 4.42 Å². The van der Waals surface area contributed by atoms with Gasteiger partial charge in [0.25, 0.3) is 0 Å². The number of furan rings is 1. The first-order valence-electron chi connectivity index (χ1n) is 8.59. The van der Waals surface area contributed by atoms with E-state index in [1.165, 1.54) is 5.56 Å². The van der Waals surface area contributed by atoms with Gasteiger partial charge in [0.05, 0.1) is 0 Å². The molecule has 0 aliphatic carbocycles. The molecule has 1 aliphatic rings. The van der Waals surface area contributed by atoms with Crippen molar-refractivity contribution >= 4 is 0 Å². The molecule has 4 heteroatoms. The Labute approximate surface area is 137 Å². The van der Waals surface area contributed by atoms with Gasteiger partial charge in [0.1, 0.15) is 11.5 Å². The Morgan fingerprint density at radius 3 is 2.74 bits per heavy atom. The normalized spacial score (nSPS) is 18.2. The zero-order valence-electron chi connectivity index (χ0n) is 14.0. The first kappa shape index (κ1) is 16.1. The van der Waals surface area contributed by atoms with E-state index < -0.39 is 0 Å². The topological polar surface area (TPSA) is 49.2 Å². The van der Waals surface area contributed by atoms with Gasteiger partial charge in [0.2, 0.25) is 5.56 Å². The van der Waals surface area contributed by atoms with Gasteiger partial charge < -0.3 is 14.3 Å². The van der Waals surface area contributed by atoms with E-state index >= 15 is 0 Å². The lowest BCUT2D eigenvalue weighted by Crippen LogP contribution is -2.34. The van der Waals surface area contributed by atoms with Gasteiger partial charge >= 0.3 is 0 Å². The summed E-state index contributed by atoms with van der Waals surface area (Å²) >= 11 is 0. The van der Waals surface area contributed by atoms with Crippen LogP contribution in [0.15, 0.2) is 39.7 Å².